The molecule has 19 nitrogen and oxygen atoms in total. The van der Waals surface area contributed by atoms with Crippen LogP contribution in [0.2, 0.25) is 0 Å². The van der Waals surface area contributed by atoms with E-state index in [1.54, 1.807) is 41.2 Å². The molecule has 1 saturated heterocycles. The number of rotatable bonds is 23. The SMILES string of the molecule is COCCOCCOCCN(CCCC(=O)ON1C(=O)CCC1=O)c1cc(COc2cc3c(cc2OC)C(=O)N2c4ccccc4C[C@H]2C=N3)cc(COc2cc3c(cc2OC)C(=O)N2/C(=C/CN3)Cc3ccccc32)c1. The van der Waals surface area contributed by atoms with Crippen molar-refractivity contribution in [2.24, 2.45) is 4.99 Å². The molecule has 5 aromatic rings. The molecular weight excluding hydrogens is 989 g/mol. The summed E-state index contributed by atoms with van der Waals surface area (Å²) in [5, 5.41) is 3.97. The van der Waals surface area contributed by atoms with Gasteiger partial charge in [0.2, 0.25) is 0 Å². The van der Waals surface area contributed by atoms with Gasteiger partial charge in [-0.3, -0.25) is 34.0 Å². The molecule has 0 radical (unpaired) electrons. The van der Waals surface area contributed by atoms with Crippen LogP contribution in [-0.2, 0) is 59.5 Å². The molecule has 5 heterocycles. The van der Waals surface area contributed by atoms with Crippen LogP contribution < -0.4 is 39.0 Å². The number of imide groups is 1. The van der Waals surface area contributed by atoms with Gasteiger partial charge in [0.1, 0.15) is 13.2 Å². The van der Waals surface area contributed by atoms with Gasteiger partial charge in [0, 0.05) is 94.3 Å². The summed E-state index contributed by atoms with van der Waals surface area (Å²) in [5.41, 5.74) is 8.88. The molecule has 19 heteroatoms. The van der Waals surface area contributed by atoms with Crippen LogP contribution in [0.1, 0.15) is 68.7 Å². The molecular formula is C58H60N6O13. The second-order valence-corrected chi connectivity index (χ2v) is 18.9. The Balaban J connectivity index is 0.929. The largest absolute Gasteiger partial charge is 0.493 e. The highest BCUT2D eigenvalue weighted by Crippen LogP contribution is 2.43. The topological polar surface area (TPSA) is 197 Å². The minimum absolute atomic E-state index is 0.00669. The number of benzene rings is 5. The molecule has 0 aromatic heterocycles. The van der Waals surface area contributed by atoms with Crippen molar-refractivity contribution < 1.29 is 62.0 Å². The van der Waals surface area contributed by atoms with Gasteiger partial charge < -0.3 is 48.2 Å². The van der Waals surface area contributed by atoms with Gasteiger partial charge in [-0.2, -0.15) is 0 Å². The zero-order valence-electron chi connectivity index (χ0n) is 43.2. The minimum atomic E-state index is -0.705. The predicted octanol–water partition coefficient (Wildman–Crippen LogP) is 7.53. The molecule has 4 amide bonds. The van der Waals surface area contributed by atoms with Gasteiger partial charge in [0.25, 0.3) is 23.6 Å². The molecule has 1 N–H and O–H groups in total. The molecule has 1 fully saturated rings. The van der Waals surface area contributed by atoms with Crippen LogP contribution in [0.3, 0.4) is 0 Å². The van der Waals surface area contributed by atoms with Crippen LogP contribution in [0.15, 0.2) is 108 Å². The lowest BCUT2D eigenvalue weighted by atomic mass is 10.1. The lowest BCUT2D eigenvalue weighted by molar-refractivity contribution is -0.197. The number of nitrogens with one attached hydrogen (secondary N) is 1. The molecule has 1 atom stereocenters. The molecule has 77 heavy (non-hydrogen) atoms. The summed E-state index contributed by atoms with van der Waals surface area (Å²) in [6, 6.07) is 28.3. The first kappa shape index (κ1) is 52.2. The number of hydroxylamine groups is 2. The highest BCUT2D eigenvalue weighted by molar-refractivity contribution is 6.15. The maximum absolute atomic E-state index is 14.3. The van der Waals surface area contributed by atoms with Crippen LogP contribution in [0.5, 0.6) is 23.0 Å². The number of hydrogen-bond donors (Lipinski definition) is 1. The Labute approximate surface area is 445 Å². The van der Waals surface area contributed by atoms with Gasteiger partial charge in [-0.05, 0) is 77.2 Å². The van der Waals surface area contributed by atoms with Crippen LogP contribution in [0.4, 0.5) is 28.4 Å². The lowest BCUT2D eigenvalue weighted by Gasteiger charge is -2.27. The van der Waals surface area contributed by atoms with Crippen LogP contribution in [0.25, 0.3) is 0 Å². The summed E-state index contributed by atoms with van der Waals surface area (Å²) in [6.45, 7) is 3.23. The van der Waals surface area contributed by atoms with E-state index in [1.807, 2.05) is 79.0 Å². The number of ether oxygens (including phenoxy) is 7. The van der Waals surface area contributed by atoms with Crippen LogP contribution in [-0.4, -0.2) is 121 Å². The Morgan fingerprint density at radius 2 is 1.36 bits per heavy atom. The standard InChI is InChI=1S/C58H60N6O13/c1-70-21-22-74-24-23-73-20-19-61(18-8-13-56(67)77-64-54(65)14-15-55(64)66)42-26-37(35-75-52-32-46-44(30-50(52)71-2)57(68)62-41(16-17-59-46)28-39-9-4-6-11-48(39)62)25-38(27-42)36-76-53-33-47-45(31-51(53)72-3)58(69)63-43(34-60-47)29-40-10-5-7-12-49(40)63/h4-7,9-12,16,25-27,30-34,43,59H,8,13-15,17-24,28-29,35-36H2,1-3H3/b41-16+/t43-/m0/s1. The zero-order chi connectivity index (χ0) is 53.4. The second-order valence-electron chi connectivity index (χ2n) is 18.9. The summed E-state index contributed by atoms with van der Waals surface area (Å²) in [4.78, 5) is 81.5. The Morgan fingerprint density at radius 3 is 2.09 bits per heavy atom. The molecule has 0 spiro atoms. The van der Waals surface area contributed by atoms with Crippen molar-refractivity contribution in [1.29, 1.82) is 0 Å². The van der Waals surface area contributed by atoms with Crippen molar-refractivity contribution in [2.45, 2.75) is 57.8 Å². The Kier molecular flexibility index (Phi) is 16.1. The molecule has 5 aromatic carbocycles. The normalized spacial score (nSPS) is 16.7. The quantitative estimate of drug-likeness (QED) is 0.0497. The number of aliphatic imine (C=N–C) groups is 1. The van der Waals surface area contributed by atoms with Crippen molar-refractivity contribution >= 4 is 64.2 Å². The molecule has 0 saturated carbocycles. The van der Waals surface area contributed by atoms with Crippen molar-refractivity contribution in [2.75, 3.05) is 94.0 Å². The van der Waals surface area contributed by atoms with Gasteiger partial charge in [-0.1, -0.05) is 36.4 Å². The fourth-order valence-electron chi connectivity index (χ4n) is 10.1. The van der Waals surface area contributed by atoms with E-state index in [-0.39, 0.29) is 50.3 Å². The van der Waals surface area contributed by atoms with Gasteiger partial charge in [-0.25, -0.2) is 4.79 Å². The van der Waals surface area contributed by atoms with Gasteiger partial charge in [-0.15, -0.1) is 5.06 Å². The first-order valence-electron chi connectivity index (χ1n) is 25.7. The highest BCUT2D eigenvalue weighted by atomic mass is 16.7. The van der Waals surface area contributed by atoms with Crippen molar-refractivity contribution in [1.82, 2.24) is 5.06 Å². The molecule has 5 aliphatic rings. The number of fused-ring (bicyclic) bond motifs is 8. The maximum Gasteiger partial charge on any atom is 0.333 e. The summed E-state index contributed by atoms with van der Waals surface area (Å²) in [7, 11) is 4.66. The molecule has 0 unspecified atom stereocenters. The third-order valence-electron chi connectivity index (χ3n) is 13.9. The van der Waals surface area contributed by atoms with Crippen LogP contribution >= 0.6 is 0 Å². The van der Waals surface area contributed by atoms with E-state index in [2.05, 4.69) is 10.2 Å². The van der Waals surface area contributed by atoms with E-state index in [1.165, 1.54) is 14.2 Å². The third-order valence-corrected chi connectivity index (χ3v) is 13.9. The highest BCUT2D eigenvalue weighted by Gasteiger charge is 2.37. The number of hydrogen-bond acceptors (Lipinski definition) is 16. The minimum Gasteiger partial charge on any atom is -0.493 e. The third kappa shape index (κ3) is 11.5. The average molecular weight is 1050 g/mol. The summed E-state index contributed by atoms with van der Waals surface area (Å²) in [5.74, 6) is -0.674. The number of carbonyl (C=O) groups excluding carboxylic acids is 5. The average Bonchev–Trinajstić information content (AvgIpc) is 4.23. The number of amides is 4. The van der Waals surface area contributed by atoms with Crippen LogP contribution in [0, 0.1) is 0 Å². The van der Waals surface area contributed by atoms with E-state index in [9.17, 15) is 24.0 Å². The fourth-order valence-corrected chi connectivity index (χ4v) is 10.1. The lowest BCUT2D eigenvalue weighted by Crippen LogP contribution is -2.37. The Bertz CT molecular complexity index is 3120. The first-order valence-corrected chi connectivity index (χ1v) is 25.7. The fraction of sp³-hybridized carbons (Fsp3) is 0.345. The van der Waals surface area contributed by atoms with E-state index in [0.717, 1.165) is 45.0 Å². The van der Waals surface area contributed by atoms with E-state index >= 15 is 0 Å². The molecule has 5 aliphatic heterocycles. The molecule has 10 rings (SSSR count). The number of anilines is 4. The summed E-state index contributed by atoms with van der Waals surface area (Å²) in [6.07, 6.45) is 5.35. The number of para-hydroxylation sites is 2. The predicted molar refractivity (Wildman–Crippen MR) is 286 cm³/mol. The monoisotopic (exact) mass is 1050 g/mol. The van der Waals surface area contributed by atoms with Crippen molar-refractivity contribution in [3.63, 3.8) is 0 Å². The van der Waals surface area contributed by atoms with E-state index in [0.29, 0.717) is 122 Å². The summed E-state index contributed by atoms with van der Waals surface area (Å²) < 4.78 is 41.6. The van der Waals surface area contributed by atoms with Crippen molar-refractivity contribution in [3.05, 3.63) is 136 Å². The first-order chi connectivity index (χ1) is 37.6. The second kappa shape index (κ2) is 23.7. The van der Waals surface area contributed by atoms with Gasteiger partial charge in [0.15, 0.2) is 23.0 Å². The van der Waals surface area contributed by atoms with Gasteiger partial charge >= 0.3 is 5.97 Å². The molecule has 0 aliphatic carbocycles. The molecule has 400 valence electrons. The maximum atomic E-state index is 14.3. The Hall–Kier alpha value is -8.26. The zero-order valence-corrected chi connectivity index (χ0v) is 43.2. The number of methoxy groups -OCH3 is 3. The number of allylic oxidation sites excluding steroid dienone is 1. The molecule has 0 bridgehead atoms. The summed E-state index contributed by atoms with van der Waals surface area (Å²) >= 11 is 0. The smallest absolute Gasteiger partial charge is 0.333 e. The Morgan fingerprint density at radius 1 is 0.701 bits per heavy atom. The number of nitrogens with zero attached hydrogens (tertiary/aromatic N) is 5. The van der Waals surface area contributed by atoms with E-state index < -0.39 is 17.8 Å². The van der Waals surface area contributed by atoms with Gasteiger partial charge in [0.05, 0.1) is 81.5 Å². The van der Waals surface area contributed by atoms with E-state index in [4.69, 9.17) is 43.0 Å². The number of carbonyl (C=O) groups is 5. The van der Waals surface area contributed by atoms with Crippen molar-refractivity contribution in [3.8, 4) is 23.0 Å².